The van der Waals surface area contributed by atoms with Crippen LogP contribution >= 0.6 is 11.8 Å². The van der Waals surface area contributed by atoms with Gasteiger partial charge >= 0.3 is 0 Å². The second-order valence-electron chi connectivity index (χ2n) is 5.56. The van der Waals surface area contributed by atoms with Crippen molar-refractivity contribution in [3.8, 4) is 5.75 Å². The van der Waals surface area contributed by atoms with Gasteiger partial charge in [-0.2, -0.15) is 0 Å². The van der Waals surface area contributed by atoms with Crippen molar-refractivity contribution < 1.29 is 26.7 Å². The van der Waals surface area contributed by atoms with Crippen LogP contribution in [0.15, 0.2) is 46.2 Å². The number of rotatable bonds is 7. The highest BCUT2D eigenvalue weighted by Crippen LogP contribution is 2.29. The topological polar surface area (TPSA) is 75.7 Å². The molecule has 0 fully saturated rings. The van der Waals surface area contributed by atoms with Gasteiger partial charge in [0.05, 0.1) is 12.9 Å². The molecule has 0 atom stereocenters. The lowest BCUT2D eigenvalue weighted by atomic mass is 10.3. The Balaban J connectivity index is 2.14. The summed E-state index contributed by atoms with van der Waals surface area (Å²) >= 11 is 0.901. The number of methoxy groups -OCH3 is 1. The number of halogens is 2. The number of sulfonamides is 1. The normalized spacial score (nSPS) is 11.5. The van der Waals surface area contributed by atoms with Gasteiger partial charge in [-0.15, -0.1) is 11.8 Å². The zero-order chi connectivity index (χ0) is 20.2. The van der Waals surface area contributed by atoms with Gasteiger partial charge in [0.15, 0.2) is 0 Å². The Morgan fingerprint density at radius 2 is 1.89 bits per heavy atom. The van der Waals surface area contributed by atoms with Crippen LogP contribution in [0.3, 0.4) is 0 Å². The molecule has 0 heterocycles. The number of carbonyl (C=O) groups excluding carboxylic acids is 1. The number of nitrogens with zero attached hydrogens (tertiary/aromatic N) is 1. The van der Waals surface area contributed by atoms with Crippen LogP contribution in [0.4, 0.5) is 14.5 Å². The lowest BCUT2D eigenvalue weighted by Crippen LogP contribution is -2.23. The zero-order valence-corrected chi connectivity index (χ0v) is 16.5. The van der Waals surface area contributed by atoms with Crippen LogP contribution in [0.25, 0.3) is 0 Å². The van der Waals surface area contributed by atoms with Crippen molar-refractivity contribution in [2.45, 2.75) is 9.79 Å². The van der Waals surface area contributed by atoms with E-state index in [0.717, 1.165) is 28.2 Å². The van der Waals surface area contributed by atoms with Gasteiger partial charge < -0.3 is 10.1 Å². The Kier molecular flexibility index (Phi) is 6.79. The van der Waals surface area contributed by atoms with Crippen LogP contribution in [-0.2, 0) is 14.8 Å². The number of nitrogens with one attached hydrogen (secondary N) is 1. The van der Waals surface area contributed by atoms with Gasteiger partial charge in [-0.25, -0.2) is 21.5 Å². The molecule has 0 aliphatic heterocycles. The summed E-state index contributed by atoms with van der Waals surface area (Å²) in [5.74, 6) is -1.91. The van der Waals surface area contributed by atoms with E-state index in [1.165, 1.54) is 45.5 Å². The molecule has 0 aliphatic rings. The van der Waals surface area contributed by atoms with Crippen molar-refractivity contribution in [1.29, 1.82) is 0 Å². The molecule has 0 aliphatic carbocycles. The first kappa shape index (κ1) is 21.1. The van der Waals surface area contributed by atoms with Crippen LogP contribution in [-0.4, -0.2) is 45.6 Å². The van der Waals surface area contributed by atoms with Gasteiger partial charge in [0.1, 0.15) is 22.3 Å². The van der Waals surface area contributed by atoms with Crippen molar-refractivity contribution in [3.05, 3.63) is 48.0 Å². The van der Waals surface area contributed by atoms with Crippen molar-refractivity contribution in [2.75, 3.05) is 32.3 Å². The monoisotopic (exact) mass is 416 g/mol. The van der Waals surface area contributed by atoms with E-state index in [9.17, 15) is 22.0 Å². The maximum absolute atomic E-state index is 13.6. The number of thioether (sulfide) groups is 1. The Bertz CT molecular complexity index is 950. The fourth-order valence-electron chi connectivity index (χ4n) is 2.09. The molecule has 2 aromatic rings. The Hall–Kier alpha value is -2.17. The average molecular weight is 416 g/mol. The maximum atomic E-state index is 13.6. The summed E-state index contributed by atoms with van der Waals surface area (Å²) in [4.78, 5) is 12.1. The van der Waals surface area contributed by atoms with Gasteiger partial charge in [-0.05, 0) is 30.3 Å². The van der Waals surface area contributed by atoms with Gasteiger partial charge in [0.2, 0.25) is 15.9 Å². The molecule has 0 radical (unpaired) electrons. The molecule has 0 saturated carbocycles. The third kappa shape index (κ3) is 5.18. The Morgan fingerprint density at radius 1 is 1.19 bits per heavy atom. The Labute approximate surface area is 160 Å². The van der Waals surface area contributed by atoms with Crippen molar-refractivity contribution in [1.82, 2.24) is 4.31 Å². The fourth-order valence-corrected chi connectivity index (χ4v) is 3.88. The summed E-state index contributed by atoms with van der Waals surface area (Å²) in [6.45, 7) is 0. The number of hydrogen-bond acceptors (Lipinski definition) is 5. The van der Waals surface area contributed by atoms with E-state index < -0.39 is 27.6 Å². The smallest absolute Gasteiger partial charge is 0.246 e. The van der Waals surface area contributed by atoms with E-state index in [1.807, 2.05) is 0 Å². The van der Waals surface area contributed by atoms with E-state index in [2.05, 4.69) is 5.32 Å². The minimum atomic E-state index is -3.78. The number of carbonyl (C=O) groups is 1. The summed E-state index contributed by atoms with van der Waals surface area (Å²) < 4.78 is 57.4. The fraction of sp³-hybridized carbons (Fsp3) is 0.235. The molecule has 10 heteroatoms. The predicted molar refractivity (Wildman–Crippen MR) is 99.6 cm³/mol. The summed E-state index contributed by atoms with van der Waals surface area (Å²) in [5.41, 5.74) is 0.251. The van der Waals surface area contributed by atoms with Crippen LogP contribution in [0.2, 0.25) is 0 Å². The van der Waals surface area contributed by atoms with Crippen molar-refractivity contribution in [2.24, 2.45) is 0 Å². The molecule has 1 N–H and O–H groups in total. The summed E-state index contributed by atoms with van der Waals surface area (Å²) in [7, 11) is 0.333. The van der Waals surface area contributed by atoms with E-state index in [1.54, 1.807) is 0 Å². The maximum Gasteiger partial charge on any atom is 0.246 e. The minimum absolute atomic E-state index is 0.0926. The molecule has 27 heavy (non-hydrogen) atoms. The van der Waals surface area contributed by atoms with Crippen molar-refractivity contribution >= 4 is 33.4 Å². The first-order valence-corrected chi connectivity index (χ1v) is 10.1. The van der Waals surface area contributed by atoms with Crippen LogP contribution < -0.4 is 10.1 Å². The summed E-state index contributed by atoms with van der Waals surface area (Å²) in [5, 5.41) is 2.55. The number of benzene rings is 2. The average Bonchev–Trinajstić information content (AvgIpc) is 2.60. The largest absolute Gasteiger partial charge is 0.495 e. The third-order valence-corrected chi connectivity index (χ3v) is 6.34. The summed E-state index contributed by atoms with van der Waals surface area (Å²) in [6.07, 6.45) is 0. The summed E-state index contributed by atoms with van der Waals surface area (Å²) in [6, 6.07) is 7.30. The van der Waals surface area contributed by atoms with Crippen molar-refractivity contribution in [3.63, 3.8) is 0 Å². The number of anilines is 1. The standard InChI is InChI=1S/C17H18F2N2O4S2/c1-21(2)27(23,24)16-9-12(5-6-14(16)25-3)20-17(22)10-26-15-7-4-11(18)8-13(15)19/h4-9H,10H2,1-3H3,(H,20,22). The third-order valence-electron chi connectivity index (χ3n) is 3.46. The first-order chi connectivity index (χ1) is 12.6. The molecular weight excluding hydrogens is 398 g/mol. The van der Waals surface area contributed by atoms with Gasteiger partial charge in [0, 0.05) is 30.7 Å². The SMILES string of the molecule is COc1ccc(NC(=O)CSc2ccc(F)cc2F)cc1S(=O)(=O)N(C)C. The molecule has 1 amide bonds. The highest BCUT2D eigenvalue weighted by Gasteiger charge is 2.23. The van der Waals surface area contributed by atoms with Gasteiger partial charge in [0.25, 0.3) is 0 Å². The van der Waals surface area contributed by atoms with E-state index in [-0.39, 0.29) is 27.0 Å². The van der Waals surface area contributed by atoms with Crippen LogP contribution in [0.5, 0.6) is 5.75 Å². The molecule has 2 aromatic carbocycles. The minimum Gasteiger partial charge on any atom is -0.495 e. The molecule has 146 valence electrons. The van der Waals surface area contributed by atoms with Crippen LogP contribution in [0.1, 0.15) is 0 Å². The van der Waals surface area contributed by atoms with Gasteiger partial charge in [-0.1, -0.05) is 0 Å². The Morgan fingerprint density at radius 3 is 2.48 bits per heavy atom. The second-order valence-corrected chi connectivity index (χ2v) is 8.70. The number of ether oxygens (including phenoxy) is 1. The predicted octanol–water partition coefficient (Wildman–Crippen LogP) is 2.95. The zero-order valence-electron chi connectivity index (χ0n) is 14.8. The van der Waals surface area contributed by atoms with Gasteiger partial charge in [-0.3, -0.25) is 4.79 Å². The second kappa shape index (κ2) is 8.68. The molecule has 6 nitrogen and oxygen atoms in total. The molecule has 0 unspecified atom stereocenters. The molecule has 2 rings (SSSR count). The molecule has 0 aromatic heterocycles. The first-order valence-electron chi connectivity index (χ1n) is 7.63. The van der Waals surface area contributed by atoms with E-state index in [4.69, 9.17) is 4.74 Å². The quantitative estimate of drug-likeness (QED) is 0.703. The van der Waals surface area contributed by atoms with E-state index in [0.29, 0.717) is 0 Å². The lowest BCUT2D eigenvalue weighted by molar-refractivity contribution is -0.113. The van der Waals surface area contributed by atoms with E-state index >= 15 is 0 Å². The number of hydrogen-bond donors (Lipinski definition) is 1. The molecular formula is C17H18F2N2O4S2. The molecule has 0 bridgehead atoms. The molecule has 0 saturated heterocycles. The highest BCUT2D eigenvalue weighted by atomic mass is 32.2. The lowest BCUT2D eigenvalue weighted by Gasteiger charge is -2.16. The van der Waals surface area contributed by atoms with Crippen LogP contribution in [0, 0.1) is 11.6 Å². The molecule has 0 spiro atoms. The highest BCUT2D eigenvalue weighted by molar-refractivity contribution is 8.00. The number of amides is 1.